The number of hydrogen-bond donors (Lipinski definition) is 3. The van der Waals surface area contributed by atoms with Crippen LogP contribution in [-0.2, 0) is 4.74 Å². The fourth-order valence-corrected chi connectivity index (χ4v) is 5.83. The number of carbonyl (C=O) groups excluding carboxylic acids is 1. The Bertz CT molecular complexity index is 979. The first-order valence-corrected chi connectivity index (χ1v) is 12.8. The summed E-state index contributed by atoms with van der Waals surface area (Å²) >= 11 is 3.26. The molecule has 8 nitrogen and oxygen atoms in total. The molecule has 3 N–H and O–H groups in total. The minimum atomic E-state index is -1.08. The van der Waals surface area contributed by atoms with E-state index in [-0.39, 0.29) is 12.1 Å². The lowest BCUT2D eigenvalue weighted by Crippen LogP contribution is -2.40. The topological polar surface area (TPSA) is 113 Å². The number of ether oxygens (including phenoxy) is 1. The van der Waals surface area contributed by atoms with Gasteiger partial charge in [-0.25, -0.2) is 9.59 Å². The number of rotatable bonds is 6. The van der Waals surface area contributed by atoms with E-state index in [9.17, 15) is 9.59 Å². The number of benzene rings is 1. The molecule has 1 heterocycles. The molecule has 1 aliphatic carbocycles. The molecular formula is C23H32N4O4S2. The van der Waals surface area contributed by atoms with Gasteiger partial charge in [-0.15, -0.1) is 22.0 Å². The van der Waals surface area contributed by atoms with Crippen molar-refractivity contribution in [3.63, 3.8) is 0 Å². The minimum Gasteiger partial charge on any atom is -0.465 e. The van der Waals surface area contributed by atoms with Crippen molar-refractivity contribution < 1.29 is 19.4 Å². The summed E-state index contributed by atoms with van der Waals surface area (Å²) in [6.45, 7) is 9.77. The van der Waals surface area contributed by atoms with Gasteiger partial charge in [0.2, 0.25) is 0 Å². The lowest BCUT2D eigenvalue weighted by Gasteiger charge is -2.29. The Morgan fingerprint density at radius 1 is 1.18 bits per heavy atom. The van der Waals surface area contributed by atoms with E-state index in [1.807, 2.05) is 32.9 Å². The second kappa shape index (κ2) is 10.7. The summed E-state index contributed by atoms with van der Waals surface area (Å²) in [6.07, 6.45) is 2.18. The van der Waals surface area contributed by atoms with Gasteiger partial charge in [0.25, 0.3) is 0 Å². The van der Waals surface area contributed by atoms with Crippen LogP contribution >= 0.6 is 23.1 Å². The quantitative estimate of drug-likeness (QED) is 0.403. The standard InChI is InChI=1S/C23H32N4O4S2/c1-13(2)32-18-12-16(24-21(28)29)10-11-17(18)20-27-26-19(33-20)14-6-8-15(9-7-14)25-22(30)31-23(3,4)5/h10-15,24H,6-9H2,1-5H3,(H,25,30)(H,28,29). The summed E-state index contributed by atoms with van der Waals surface area (Å²) in [5.41, 5.74) is 1.00. The van der Waals surface area contributed by atoms with Crippen molar-refractivity contribution >= 4 is 41.0 Å². The van der Waals surface area contributed by atoms with Gasteiger partial charge in [-0.1, -0.05) is 25.2 Å². The molecule has 0 unspecified atom stereocenters. The fraction of sp³-hybridized carbons (Fsp3) is 0.565. The van der Waals surface area contributed by atoms with Crippen LogP contribution in [0.25, 0.3) is 10.6 Å². The molecule has 0 aliphatic heterocycles. The van der Waals surface area contributed by atoms with Crippen molar-refractivity contribution in [1.82, 2.24) is 15.5 Å². The fourth-order valence-electron chi connectivity index (χ4n) is 3.72. The first kappa shape index (κ1) is 25.3. The van der Waals surface area contributed by atoms with Gasteiger partial charge in [-0.05, 0) is 64.7 Å². The van der Waals surface area contributed by atoms with Gasteiger partial charge >= 0.3 is 12.2 Å². The van der Waals surface area contributed by atoms with E-state index in [1.165, 1.54) is 0 Å². The summed E-state index contributed by atoms with van der Waals surface area (Å²) in [5, 5.41) is 25.5. The lowest BCUT2D eigenvalue weighted by molar-refractivity contribution is 0.0491. The zero-order valence-corrected chi connectivity index (χ0v) is 21.3. The van der Waals surface area contributed by atoms with E-state index in [2.05, 4.69) is 34.7 Å². The zero-order valence-electron chi connectivity index (χ0n) is 19.7. The minimum absolute atomic E-state index is 0.117. The third-order valence-corrected chi connectivity index (χ3v) is 7.25. The highest BCUT2D eigenvalue weighted by atomic mass is 32.2. The first-order valence-electron chi connectivity index (χ1n) is 11.1. The van der Waals surface area contributed by atoms with Crippen LogP contribution in [0.5, 0.6) is 0 Å². The molecule has 10 heteroatoms. The van der Waals surface area contributed by atoms with Crippen molar-refractivity contribution in [3.05, 3.63) is 23.2 Å². The highest BCUT2D eigenvalue weighted by Gasteiger charge is 2.28. The van der Waals surface area contributed by atoms with Gasteiger partial charge in [-0.2, -0.15) is 0 Å². The van der Waals surface area contributed by atoms with E-state index in [0.29, 0.717) is 16.9 Å². The first-order chi connectivity index (χ1) is 15.5. The normalized spacial score (nSPS) is 18.7. The van der Waals surface area contributed by atoms with Crippen molar-refractivity contribution in [2.45, 2.75) is 88.0 Å². The largest absolute Gasteiger partial charge is 0.465 e. The summed E-state index contributed by atoms with van der Waals surface area (Å²) in [5.74, 6) is 0.321. The van der Waals surface area contributed by atoms with Gasteiger partial charge in [0.05, 0.1) is 0 Å². The molecule has 1 aliphatic rings. The number of anilines is 1. The van der Waals surface area contributed by atoms with Crippen LogP contribution in [0.15, 0.2) is 23.1 Å². The predicted molar refractivity (Wildman–Crippen MR) is 132 cm³/mol. The van der Waals surface area contributed by atoms with Crippen LogP contribution in [0, 0.1) is 0 Å². The molecule has 180 valence electrons. The lowest BCUT2D eigenvalue weighted by atomic mass is 9.86. The van der Waals surface area contributed by atoms with E-state index < -0.39 is 11.7 Å². The monoisotopic (exact) mass is 492 g/mol. The third kappa shape index (κ3) is 7.60. The molecule has 0 atom stereocenters. The van der Waals surface area contributed by atoms with E-state index in [4.69, 9.17) is 9.84 Å². The summed E-state index contributed by atoms with van der Waals surface area (Å²) in [7, 11) is 0. The SMILES string of the molecule is CC(C)Sc1cc(NC(=O)O)ccc1-c1nnc(C2CCC(NC(=O)OC(C)(C)C)CC2)s1. The van der Waals surface area contributed by atoms with Crippen LogP contribution in [0.2, 0.25) is 0 Å². The molecule has 33 heavy (non-hydrogen) atoms. The van der Waals surface area contributed by atoms with E-state index >= 15 is 0 Å². The van der Waals surface area contributed by atoms with Gasteiger partial charge in [0.1, 0.15) is 15.6 Å². The van der Waals surface area contributed by atoms with Crippen LogP contribution < -0.4 is 10.6 Å². The Morgan fingerprint density at radius 2 is 1.88 bits per heavy atom. The van der Waals surface area contributed by atoms with Crippen LogP contribution in [-0.4, -0.2) is 44.4 Å². The molecular weight excluding hydrogens is 460 g/mol. The zero-order chi connectivity index (χ0) is 24.2. The molecule has 3 rings (SSSR count). The third-order valence-electron chi connectivity index (χ3n) is 5.06. The number of aromatic nitrogens is 2. The van der Waals surface area contributed by atoms with Crippen molar-refractivity contribution in [1.29, 1.82) is 0 Å². The number of carbonyl (C=O) groups is 2. The highest BCUT2D eigenvalue weighted by Crippen LogP contribution is 2.40. The second-order valence-electron chi connectivity index (χ2n) is 9.45. The average molecular weight is 493 g/mol. The number of amides is 2. The van der Waals surface area contributed by atoms with E-state index in [0.717, 1.165) is 46.2 Å². The van der Waals surface area contributed by atoms with Gasteiger partial charge in [-0.3, -0.25) is 5.32 Å². The number of carboxylic acid groups (broad SMARTS) is 1. The number of thioether (sulfide) groups is 1. The maximum Gasteiger partial charge on any atom is 0.409 e. The Kier molecular flexibility index (Phi) is 8.23. The van der Waals surface area contributed by atoms with Crippen molar-refractivity contribution in [2.24, 2.45) is 0 Å². The smallest absolute Gasteiger partial charge is 0.409 e. The van der Waals surface area contributed by atoms with Gasteiger partial charge in [0, 0.05) is 33.4 Å². The summed E-state index contributed by atoms with van der Waals surface area (Å²) in [4.78, 5) is 24.0. The molecule has 0 saturated heterocycles. The molecule has 1 saturated carbocycles. The second-order valence-corrected chi connectivity index (χ2v) is 12.1. The molecule has 1 aromatic carbocycles. The van der Waals surface area contributed by atoms with Crippen molar-refractivity contribution in [2.75, 3.05) is 5.32 Å². The Balaban J connectivity index is 1.66. The summed E-state index contributed by atoms with van der Waals surface area (Å²) < 4.78 is 5.36. The Morgan fingerprint density at radius 3 is 2.48 bits per heavy atom. The van der Waals surface area contributed by atoms with E-state index in [1.54, 1.807) is 29.2 Å². The maximum absolute atomic E-state index is 12.0. The Hall–Kier alpha value is -2.33. The predicted octanol–water partition coefficient (Wildman–Crippen LogP) is 6.35. The molecule has 2 aromatic rings. The van der Waals surface area contributed by atoms with Gasteiger partial charge in [0.15, 0.2) is 0 Å². The molecule has 2 amide bonds. The molecule has 0 spiro atoms. The van der Waals surface area contributed by atoms with Crippen molar-refractivity contribution in [3.8, 4) is 10.6 Å². The number of nitrogens with one attached hydrogen (secondary N) is 2. The molecule has 1 aromatic heterocycles. The van der Waals surface area contributed by atoms with Gasteiger partial charge < -0.3 is 15.2 Å². The number of hydrogen-bond acceptors (Lipinski definition) is 7. The molecule has 0 bridgehead atoms. The number of alkyl carbamates (subject to hydrolysis) is 1. The maximum atomic E-state index is 12.0. The highest BCUT2D eigenvalue weighted by molar-refractivity contribution is 8.00. The number of nitrogens with zero attached hydrogens (tertiary/aromatic N) is 2. The molecule has 1 fully saturated rings. The van der Waals surface area contributed by atoms with Crippen LogP contribution in [0.3, 0.4) is 0 Å². The molecule has 0 radical (unpaired) electrons. The average Bonchev–Trinajstić information content (AvgIpc) is 3.16. The van der Waals surface area contributed by atoms with Crippen LogP contribution in [0.1, 0.15) is 71.2 Å². The Labute approximate surface area is 202 Å². The summed E-state index contributed by atoms with van der Waals surface area (Å²) in [6, 6.07) is 5.62. The van der Waals surface area contributed by atoms with Crippen LogP contribution in [0.4, 0.5) is 15.3 Å².